The average molecular weight is 555 g/mol. The Balaban J connectivity index is 1.65. The van der Waals surface area contributed by atoms with Crippen molar-refractivity contribution in [3.8, 4) is 0 Å². The molecule has 1 saturated heterocycles. The van der Waals surface area contributed by atoms with Gasteiger partial charge in [0.25, 0.3) is 0 Å². The molecule has 1 aromatic heterocycles. The van der Waals surface area contributed by atoms with E-state index in [9.17, 15) is 19.2 Å². The van der Waals surface area contributed by atoms with Crippen LogP contribution in [-0.2, 0) is 33.4 Å². The van der Waals surface area contributed by atoms with E-state index in [1.807, 2.05) is 46.8 Å². The van der Waals surface area contributed by atoms with Gasteiger partial charge in [0.2, 0.25) is 0 Å². The predicted molar refractivity (Wildman–Crippen MR) is 144 cm³/mol. The molecule has 0 aromatic carbocycles. The van der Waals surface area contributed by atoms with Gasteiger partial charge in [-0.05, 0) is 43.1 Å². The van der Waals surface area contributed by atoms with Crippen LogP contribution in [0.25, 0.3) is 0 Å². The Bertz CT molecular complexity index is 1230. The fourth-order valence-electron chi connectivity index (χ4n) is 8.56. The van der Waals surface area contributed by atoms with Crippen molar-refractivity contribution in [2.45, 2.75) is 85.9 Å². The van der Waals surface area contributed by atoms with Gasteiger partial charge in [0.15, 0.2) is 0 Å². The zero-order chi connectivity index (χ0) is 29.2. The van der Waals surface area contributed by atoms with Gasteiger partial charge in [0.1, 0.15) is 18.0 Å². The Morgan fingerprint density at radius 3 is 2.50 bits per heavy atom. The summed E-state index contributed by atoms with van der Waals surface area (Å²) in [5.74, 6) is -2.73. The number of ketones is 1. The summed E-state index contributed by atoms with van der Waals surface area (Å²) < 4.78 is 22.6. The Morgan fingerprint density at radius 1 is 1.15 bits per heavy atom. The van der Waals surface area contributed by atoms with E-state index in [4.69, 9.17) is 18.6 Å². The van der Waals surface area contributed by atoms with Gasteiger partial charge in [0.05, 0.1) is 37.9 Å². The largest absolute Gasteiger partial charge is 0.472 e. The number of Topliss-reactive ketones (excluding diaryl/α,β-unsaturated/α-hetero) is 1. The number of carbonyl (C=O) groups is 4. The molecule has 9 atom stereocenters. The van der Waals surface area contributed by atoms with Crippen LogP contribution in [-0.4, -0.2) is 36.9 Å². The molecule has 8 heteroatoms. The number of furan rings is 1. The highest BCUT2D eigenvalue weighted by Crippen LogP contribution is 2.68. The predicted octanol–water partition coefficient (Wildman–Crippen LogP) is 5.61. The van der Waals surface area contributed by atoms with Gasteiger partial charge in [-0.3, -0.25) is 19.2 Å². The van der Waals surface area contributed by atoms with Gasteiger partial charge in [0, 0.05) is 28.2 Å². The molecule has 0 radical (unpaired) electrons. The molecule has 3 aliphatic carbocycles. The van der Waals surface area contributed by atoms with Gasteiger partial charge >= 0.3 is 17.9 Å². The molecule has 3 fully saturated rings. The topological polar surface area (TPSA) is 109 Å². The van der Waals surface area contributed by atoms with Crippen molar-refractivity contribution in [3.63, 3.8) is 0 Å². The molecule has 2 bridgehead atoms. The molecule has 4 aliphatic rings. The lowest BCUT2D eigenvalue weighted by Crippen LogP contribution is -2.66. The Labute approximate surface area is 236 Å². The van der Waals surface area contributed by atoms with Gasteiger partial charge in [-0.25, -0.2) is 0 Å². The zero-order valence-corrected chi connectivity index (χ0v) is 24.7. The molecule has 2 heterocycles. The highest BCUT2D eigenvalue weighted by atomic mass is 16.6. The molecule has 0 N–H and O–H groups in total. The van der Waals surface area contributed by atoms with E-state index in [1.54, 1.807) is 12.5 Å². The quantitative estimate of drug-likeness (QED) is 0.254. The summed E-state index contributed by atoms with van der Waals surface area (Å²) in [5, 5.41) is 0. The molecule has 0 unspecified atom stereocenters. The minimum atomic E-state index is -0.889. The van der Waals surface area contributed by atoms with E-state index in [0.717, 1.165) is 17.6 Å². The maximum Gasteiger partial charge on any atom is 0.308 e. The number of methoxy groups -OCH3 is 1. The number of cyclic esters (lactones) is 1. The molecule has 1 aliphatic heterocycles. The summed E-state index contributed by atoms with van der Waals surface area (Å²) in [5.41, 5.74) is -0.0944. The van der Waals surface area contributed by atoms with Crippen LogP contribution in [0.5, 0.6) is 0 Å². The normalized spacial score (nSPS) is 38.7. The first-order valence-electron chi connectivity index (χ1n) is 14.5. The maximum atomic E-state index is 14.4. The number of rotatable bonds is 6. The van der Waals surface area contributed by atoms with E-state index in [-0.39, 0.29) is 48.3 Å². The third kappa shape index (κ3) is 4.07. The molecule has 2 saturated carbocycles. The maximum absolute atomic E-state index is 14.4. The van der Waals surface area contributed by atoms with E-state index >= 15 is 0 Å². The summed E-state index contributed by atoms with van der Waals surface area (Å²) in [6.45, 7) is 11.9. The number of fused-ring (bicyclic) bond motifs is 6. The molecule has 40 heavy (non-hydrogen) atoms. The van der Waals surface area contributed by atoms with Crippen molar-refractivity contribution in [3.05, 3.63) is 35.8 Å². The van der Waals surface area contributed by atoms with Crippen LogP contribution < -0.4 is 0 Å². The fraction of sp³-hybridized carbons (Fsp3) is 0.688. The first-order valence-corrected chi connectivity index (χ1v) is 14.5. The Kier molecular flexibility index (Phi) is 7.07. The molecule has 8 nitrogen and oxygen atoms in total. The lowest BCUT2D eigenvalue weighted by Gasteiger charge is -2.63. The summed E-state index contributed by atoms with van der Waals surface area (Å²) in [6.07, 6.45) is 6.36. The summed E-state index contributed by atoms with van der Waals surface area (Å²) in [4.78, 5) is 53.4. The second kappa shape index (κ2) is 9.88. The van der Waals surface area contributed by atoms with Gasteiger partial charge < -0.3 is 18.6 Å². The van der Waals surface area contributed by atoms with E-state index in [1.165, 1.54) is 7.11 Å². The third-order valence-corrected chi connectivity index (χ3v) is 11.1. The molecule has 5 rings (SSSR count). The SMILES string of the molecule is CC[C@H](C)C(=O)O[C@@H]1[C@H]2C=C3[C@@H]4CC(=O)O[C@H](c5ccoc5)[C@@]4(C)CC[C@@H]3[C@](C)(C2=O)[C@H](CC(=O)OC)C1(C)C. The summed E-state index contributed by atoms with van der Waals surface area (Å²) >= 11 is 0. The van der Waals surface area contributed by atoms with Crippen LogP contribution in [0.4, 0.5) is 0 Å². The standard InChI is InChI=1S/C32H42O8/c1-8-17(2)29(36)40-28-20-13-19-21(32(6,26(20)35)23(30(28,3)4)15-24(33)37-7)9-11-31(5)22(19)14-25(34)39-27(31)18-10-12-38-16-18/h10,12-13,16-17,20-23,27-28H,8-9,11,14-15H2,1-7H3/t17-,20-,21-,22-,23+,27+,28+,31-,32-/m0/s1. The molecular formula is C32H42O8. The number of carbonyl (C=O) groups excluding carboxylic acids is 4. The van der Waals surface area contributed by atoms with Crippen LogP contribution in [0.15, 0.2) is 34.7 Å². The number of allylic oxidation sites excluding steroid dienone is 1. The number of ether oxygens (including phenoxy) is 3. The molecule has 0 amide bonds. The van der Waals surface area contributed by atoms with Gasteiger partial charge in [-0.2, -0.15) is 0 Å². The average Bonchev–Trinajstić information content (AvgIpc) is 3.45. The van der Waals surface area contributed by atoms with E-state index < -0.39 is 46.3 Å². The highest BCUT2D eigenvalue weighted by Gasteiger charge is 2.69. The summed E-state index contributed by atoms with van der Waals surface area (Å²) in [6, 6.07) is 1.84. The van der Waals surface area contributed by atoms with Gasteiger partial charge in [-0.15, -0.1) is 0 Å². The van der Waals surface area contributed by atoms with E-state index in [0.29, 0.717) is 12.8 Å². The lowest BCUT2D eigenvalue weighted by atomic mass is 9.40. The van der Waals surface area contributed by atoms with Crippen molar-refractivity contribution in [1.29, 1.82) is 0 Å². The fourth-order valence-corrected chi connectivity index (χ4v) is 8.56. The van der Waals surface area contributed by atoms with Crippen LogP contribution in [0.1, 0.15) is 85.3 Å². The van der Waals surface area contributed by atoms with Crippen molar-refractivity contribution in [2.75, 3.05) is 7.11 Å². The number of esters is 3. The number of hydrogen-bond donors (Lipinski definition) is 0. The second-order valence-electron chi connectivity index (χ2n) is 13.4. The first kappa shape index (κ1) is 28.6. The van der Waals surface area contributed by atoms with Crippen LogP contribution in [0, 0.1) is 45.8 Å². The minimum absolute atomic E-state index is 0.00445. The van der Waals surface area contributed by atoms with Crippen molar-refractivity contribution >= 4 is 23.7 Å². The third-order valence-electron chi connectivity index (χ3n) is 11.1. The summed E-state index contributed by atoms with van der Waals surface area (Å²) in [7, 11) is 1.35. The minimum Gasteiger partial charge on any atom is -0.472 e. The molecule has 1 aromatic rings. The number of hydrogen-bond acceptors (Lipinski definition) is 8. The Morgan fingerprint density at radius 2 is 1.88 bits per heavy atom. The monoisotopic (exact) mass is 554 g/mol. The second-order valence-corrected chi connectivity index (χ2v) is 13.4. The van der Waals surface area contributed by atoms with Crippen molar-refractivity contribution in [2.24, 2.45) is 45.8 Å². The zero-order valence-electron chi connectivity index (χ0n) is 24.7. The highest BCUT2D eigenvalue weighted by molar-refractivity contribution is 5.93. The van der Waals surface area contributed by atoms with Crippen molar-refractivity contribution < 1.29 is 37.8 Å². The smallest absolute Gasteiger partial charge is 0.308 e. The Hall–Kier alpha value is -2.90. The van der Waals surface area contributed by atoms with E-state index in [2.05, 4.69) is 6.92 Å². The van der Waals surface area contributed by atoms with Crippen LogP contribution in [0.2, 0.25) is 0 Å². The van der Waals surface area contributed by atoms with Crippen molar-refractivity contribution in [1.82, 2.24) is 0 Å². The lowest BCUT2D eigenvalue weighted by molar-refractivity contribution is -0.198. The van der Waals surface area contributed by atoms with Gasteiger partial charge in [-0.1, -0.05) is 53.2 Å². The first-order chi connectivity index (χ1) is 18.8. The molecular weight excluding hydrogens is 512 g/mol. The van der Waals surface area contributed by atoms with Crippen LogP contribution in [0.3, 0.4) is 0 Å². The van der Waals surface area contributed by atoms with Crippen LogP contribution >= 0.6 is 0 Å². The molecule has 0 spiro atoms. The molecule has 218 valence electrons.